The van der Waals surface area contributed by atoms with Gasteiger partial charge >= 0.3 is 0 Å². The minimum absolute atomic E-state index is 0.389. The second-order valence-corrected chi connectivity index (χ2v) is 4.16. The van der Waals surface area contributed by atoms with Gasteiger partial charge in [-0.25, -0.2) is 0 Å². The van der Waals surface area contributed by atoms with Crippen LogP contribution in [0.1, 0.15) is 5.56 Å². The largest absolute Gasteiger partial charge is 0.125 e. The molecule has 1 aromatic carbocycles. The van der Waals surface area contributed by atoms with Gasteiger partial charge in [0.2, 0.25) is 0 Å². The van der Waals surface area contributed by atoms with Crippen LogP contribution in [-0.2, 0) is 0 Å². The maximum Gasteiger partial charge on any atom is 0.0976 e. The topological polar surface area (TPSA) is 0 Å². The SMILES string of the molecule is C=Cc1ccccc1.S=C(S)S. The second kappa shape index (κ2) is 7.40. The Morgan fingerprint density at radius 2 is 1.67 bits per heavy atom. The lowest BCUT2D eigenvalue weighted by Crippen LogP contribution is -1.63. The van der Waals surface area contributed by atoms with E-state index in [4.69, 9.17) is 0 Å². The van der Waals surface area contributed by atoms with Crippen LogP contribution in [0.3, 0.4) is 0 Å². The van der Waals surface area contributed by atoms with Crippen LogP contribution in [-0.4, -0.2) is 3.53 Å². The van der Waals surface area contributed by atoms with E-state index in [1.807, 2.05) is 36.4 Å². The van der Waals surface area contributed by atoms with Crippen molar-refractivity contribution < 1.29 is 0 Å². The minimum atomic E-state index is 0.389. The van der Waals surface area contributed by atoms with E-state index in [1.54, 1.807) is 0 Å². The van der Waals surface area contributed by atoms with Crippen molar-refractivity contribution in [1.29, 1.82) is 0 Å². The van der Waals surface area contributed by atoms with Crippen LogP contribution < -0.4 is 0 Å². The third-order valence-electron chi connectivity index (χ3n) is 1.04. The molecule has 0 bridgehead atoms. The third kappa shape index (κ3) is 7.85. The van der Waals surface area contributed by atoms with E-state index >= 15 is 0 Å². The molecule has 0 heterocycles. The van der Waals surface area contributed by atoms with E-state index in [9.17, 15) is 0 Å². The van der Waals surface area contributed by atoms with E-state index < -0.39 is 0 Å². The summed E-state index contributed by atoms with van der Waals surface area (Å²) in [6.45, 7) is 3.63. The highest BCUT2D eigenvalue weighted by Gasteiger charge is 1.75. The van der Waals surface area contributed by atoms with Crippen molar-refractivity contribution in [3.8, 4) is 0 Å². The Morgan fingerprint density at radius 1 is 1.25 bits per heavy atom. The lowest BCUT2D eigenvalue weighted by Gasteiger charge is -1.85. The van der Waals surface area contributed by atoms with Crippen molar-refractivity contribution in [1.82, 2.24) is 0 Å². The summed E-state index contributed by atoms with van der Waals surface area (Å²) in [5.74, 6) is 0. The quantitative estimate of drug-likeness (QED) is 0.533. The molecule has 0 spiro atoms. The Morgan fingerprint density at radius 3 is 1.92 bits per heavy atom. The summed E-state index contributed by atoms with van der Waals surface area (Å²) in [6.07, 6.45) is 1.83. The van der Waals surface area contributed by atoms with Crippen molar-refractivity contribution in [2.24, 2.45) is 0 Å². The fourth-order valence-electron chi connectivity index (χ4n) is 0.589. The molecule has 1 rings (SSSR count). The predicted octanol–water partition coefficient (Wildman–Crippen LogP) is 3.46. The molecule has 1 aromatic rings. The highest BCUT2D eigenvalue weighted by molar-refractivity contribution is 8.34. The summed E-state index contributed by atoms with van der Waals surface area (Å²) in [6, 6.07) is 10.0. The Hall–Kier alpha value is -0.250. The van der Waals surface area contributed by atoms with Crippen molar-refractivity contribution in [3.05, 3.63) is 42.5 Å². The van der Waals surface area contributed by atoms with Crippen LogP contribution in [0.4, 0.5) is 0 Å². The standard InChI is InChI=1S/C8H8.CH2S3/c1-2-8-6-4-3-5-7-8;2-1(3)4/h2-7H,1H2;(H2,2,3,4). The molecule has 0 saturated heterocycles. The maximum atomic E-state index is 4.27. The Kier molecular flexibility index (Phi) is 7.25. The Labute approximate surface area is 89.5 Å². The average Bonchev–Trinajstić information content (AvgIpc) is 2.05. The molecular weight excluding hydrogens is 204 g/mol. The van der Waals surface area contributed by atoms with E-state index in [0.29, 0.717) is 3.53 Å². The van der Waals surface area contributed by atoms with Crippen LogP contribution in [0.5, 0.6) is 0 Å². The average molecular weight is 214 g/mol. The molecule has 0 radical (unpaired) electrons. The van der Waals surface area contributed by atoms with Gasteiger partial charge in [0.15, 0.2) is 0 Å². The summed E-state index contributed by atoms with van der Waals surface area (Å²) >= 11 is 11.4. The molecule has 0 N–H and O–H groups in total. The fraction of sp³-hybridized carbons (Fsp3) is 0. The van der Waals surface area contributed by atoms with E-state index in [-0.39, 0.29) is 0 Å². The number of hydrogen-bond acceptors (Lipinski definition) is 1. The predicted molar refractivity (Wildman–Crippen MR) is 67.1 cm³/mol. The first-order valence-corrected chi connectivity index (χ1v) is 4.56. The molecule has 12 heavy (non-hydrogen) atoms. The lowest BCUT2D eigenvalue weighted by atomic mass is 10.2. The van der Waals surface area contributed by atoms with Gasteiger partial charge in [0.1, 0.15) is 0 Å². The van der Waals surface area contributed by atoms with Crippen molar-refractivity contribution in [2.45, 2.75) is 0 Å². The van der Waals surface area contributed by atoms with E-state index in [1.165, 1.54) is 5.56 Å². The molecule has 0 nitrogen and oxygen atoms in total. The first-order chi connectivity index (χ1) is 5.66. The normalized spacial score (nSPS) is 7.83. The molecule has 0 amide bonds. The van der Waals surface area contributed by atoms with Crippen LogP contribution in [0, 0.1) is 0 Å². The summed E-state index contributed by atoms with van der Waals surface area (Å²) in [5.41, 5.74) is 1.17. The highest BCUT2D eigenvalue weighted by atomic mass is 32.2. The number of benzene rings is 1. The first kappa shape index (κ1) is 11.8. The molecule has 64 valence electrons. The first-order valence-electron chi connectivity index (χ1n) is 3.26. The molecular formula is C9H10S3. The zero-order chi connectivity index (χ0) is 9.40. The summed E-state index contributed by atoms with van der Waals surface area (Å²) in [7, 11) is 0. The number of rotatable bonds is 1. The van der Waals surface area contributed by atoms with Gasteiger partial charge in [-0.1, -0.05) is 55.2 Å². The van der Waals surface area contributed by atoms with E-state index in [0.717, 1.165) is 0 Å². The van der Waals surface area contributed by atoms with Gasteiger partial charge in [-0.2, -0.15) is 0 Å². The van der Waals surface area contributed by atoms with E-state index in [2.05, 4.69) is 44.1 Å². The zero-order valence-electron chi connectivity index (χ0n) is 6.47. The van der Waals surface area contributed by atoms with Crippen LogP contribution in [0.15, 0.2) is 36.9 Å². The third-order valence-corrected chi connectivity index (χ3v) is 1.04. The number of thiol groups is 2. The summed E-state index contributed by atoms with van der Waals surface area (Å²) < 4.78 is 0.389. The van der Waals surface area contributed by atoms with Crippen LogP contribution >= 0.6 is 37.5 Å². The van der Waals surface area contributed by atoms with Gasteiger partial charge in [0.25, 0.3) is 0 Å². The molecule has 0 atom stereocenters. The molecule has 0 aromatic heterocycles. The van der Waals surface area contributed by atoms with Gasteiger partial charge in [-0.3, -0.25) is 0 Å². The maximum absolute atomic E-state index is 4.27. The van der Waals surface area contributed by atoms with Gasteiger partial charge < -0.3 is 0 Å². The molecule has 0 aliphatic heterocycles. The molecule has 0 aliphatic carbocycles. The summed E-state index contributed by atoms with van der Waals surface area (Å²) in [4.78, 5) is 0. The van der Waals surface area contributed by atoms with Crippen molar-refractivity contribution >= 4 is 47.1 Å². The number of thiocarbonyl (C=S) groups is 1. The van der Waals surface area contributed by atoms with Crippen LogP contribution in [0.25, 0.3) is 6.08 Å². The minimum Gasteiger partial charge on any atom is -0.125 e. The molecule has 0 fully saturated rings. The Balaban J connectivity index is 0.000000261. The van der Waals surface area contributed by atoms with Gasteiger partial charge in [-0.15, -0.1) is 25.3 Å². The zero-order valence-corrected chi connectivity index (χ0v) is 9.08. The second-order valence-electron chi connectivity index (χ2n) is 1.90. The molecule has 0 unspecified atom stereocenters. The van der Waals surface area contributed by atoms with Gasteiger partial charge in [-0.05, 0) is 5.56 Å². The van der Waals surface area contributed by atoms with Crippen molar-refractivity contribution in [2.75, 3.05) is 0 Å². The fourth-order valence-corrected chi connectivity index (χ4v) is 0.589. The smallest absolute Gasteiger partial charge is 0.0976 e. The molecule has 3 heteroatoms. The van der Waals surface area contributed by atoms with Crippen LogP contribution in [0.2, 0.25) is 0 Å². The van der Waals surface area contributed by atoms with Gasteiger partial charge in [0.05, 0.1) is 3.53 Å². The molecule has 0 saturated carbocycles. The van der Waals surface area contributed by atoms with Gasteiger partial charge in [0, 0.05) is 0 Å². The summed E-state index contributed by atoms with van der Waals surface area (Å²) in [5, 5.41) is 0. The monoisotopic (exact) mass is 214 g/mol. The lowest BCUT2D eigenvalue weighted by molar-refractivity contribution is 1.67. The number of hydrogen-bond donors (Lipinski definition) is 2. The Bertz CT molecular complexity index is 237. The highest BCUT2D eigenvalue weighted by Crippen LogP contribution is 1.97. The van der Waals surface area contributed by atoms with Crippen molar-refractivity contribution in [3.63, 3.8) is 0 Å². The molecule has 0 aliphatic rings.